The first-order valence-electron chi connectivity index (χ1n) is 8.68. The summed E-state index contributed by atoms with van der Waals surface area (Å²) in [6.45, 7) is 0. The van der Waals surface area contributed by atoms with Crippen LogP contribution in [-0.2, 0) is 0 Å². The summed E-state index contributed by atoms with van der Waals surface area (Å²) in [6.07, 6.45) is 6.37. The molecule has 2 N–H and O–H groups in total. The van der Waals surface area contributed by atoms with Crippen LogP contribution in [0.15, 0.2) is 73.6 Å². The molecule has 0 spiro atoms. The highest BCUT2D eigenvalue weighted by molar-refractivity contribution is 5.99. The van der Waals surface area contributed by atoms with Gasteiger partial charge in [0.15, 0.2) is 11.6 Å². The normalized spacial score (nSPS) is 10.5. The lowest BCUT2D eigenvalue weighted by Gasteiger charge is -2.09. The van der Waals surface area contributed by atoms with E-state index in [0.29, 0.717) is 23.1 Å². The first-order chi connectivity index (χ1) is 14.6. The number of halogens is 2. The number of ether oxygens (including phenoxy) is 1. The molecule has 0 aliphatic heterocycles. The number of anilines is 2. The molecule has 0 fully saturated rings. The van der Waals surface area contributed by atoms with Crippen LogP contribution in [0.3, 0.4) is 0 Å². The second kappa shape index (κ2) is 8.35. The second-order valence-electron chi connectivity index (χ2n) is 6.02. The highest BCUT2D eigenvalue weighted by atomic mass is 19.2. The summed E-state index contributed by atoms with van der Waals surface area (Å²) in [7, 11) is 0. The molecule has 10 heteroatoms. The molecule has 0 aliphatic rings. The molecule has 0 atom stereocenters. The van der Waals surface area contributed by atoms with Crippen LogP contribution in [0, 0.1) is 11.6 Å². The Morgan fingerprint density at radius 3 is 2.43 bits per heavy atom. The van der Waals surface area contributed by atoms with Gasteiger partial charge in [0.1, 0.15) is 24.2 Å². The second-order valence-corrected chi connectivity index (χ2v) is 6.02. The molecule has 30 heavy (non-hydrogen) atoms. The Balaban J connectivity index is 1.37. The fourth-order valence-electron chi connectivity index (χ4n) is 2.52. The third-order valence-corrected chi connectivity index (χ3v) is 3.91. The number of aromatic nitrogens is 4. The number of nitrogens with one attached hydrogen (secondary N) is 2. The van der Waals surface area contributed by atoms with Crippen LogP contribution >= 0.6 is 0 Å². The minimum absolute atomic E-state index is 0.129. The van der Waals surface area contributed by atoms with Crippen LogP contribution in [0.5, 0.6) is 11.6 Å². The van der Waals surface area contributed by atoms with Gasteiger partial charge in [-0.05, 0) is 36.4 Å². The number of benzene rings is 2. The monoisotopic (exact) mass is 408 g/mol. The van der Waals surface area contributed by atoms with Crippen LogP contribution in [0.1, 0.15) is 0 Å². The average molecular weight is 408 g/mol. The first-order valence-corrected chi connectivity index (χ1v) is 8.68. The topological polar surface area (TPSA) is 94.0 Å². The van der Waals surface area contributed by atoms with Crippen LogP contribution in [0.4, 0.5) is 25.0 Å². The molecule has 4 aromatic rings. The van der Waals surface area contributed by atoms with Crippen molar-refractivity contribution in [1.82, 2.24) is 19.5 Å². The Kier molecular flexibility index (Phi) is 5.29. The van der Waals surface area contributed by atoms with E-state index in [2.05, 4.69) is 25.6 Å². The zero-order chi connectivity index (χ0) is 20.9. The number of hydrogen-bond acceptors (Lipinski definition) is 5. The van der Waals surface area contributed by atoms with E-state index < -0.39 is 17.7 Å². The number of nitrogens with zero attached hydrogens (tertiary/aromatic N) is 4. The van der Waals surface area contributed by atoms with E-state index in [4.69, 9.17) is 4.74 Å². The number of urea groups is 1. The van der Waals surface area contributed by atoms with Gasteiger partial charge in [-0.1, -0.05) is 0 Å². The van der Waals surface area contributed by atoms with Crippen molar-refractivity contribution >= 4 is 17.4 Å². The summed E-state index contributed by atoms with van der Waals surface area (Å²) in [4.78, 5) is 24.2. The van der Waals surface area contributed by atoms with E-state index in [1.54, 1.807) is 53.6 Å². The van der Waals surface area contributed by atoms with E-state index in [1.807, 2.05) is 0 Å². The summed E-state index contributed by atoms with van der Waals surface area (Å²) in [5, 5.41) is 5.01. The predicted molar refractivity (Wildman–Crippen MR) is 105 cm³/mol. The summed E-state index contributed by atoms with van der Waals surface area (Å²) in [5.41, 5.74) is 0.605. The van der Waals surface area contributed by atoms with Crippen molar-refractivity contribution in [2.24, 2.45) is 0 Å². The minimum Gasteiger partial charge on any atom is -0.439 e. The molecule has 2 aromatic heterocycles. The van der Waals surface area contributed by atoms with Crippen molar-refractivity contribution in [1.29, 1.82) is 0 Å². The maximum atomic E-state index is 13.2. The van der Waals surface area contributed by atoms with E-state index >= 15 is 0 Å². The van der Waals surface area contributed by atoms with Gasteiger partial charge in [-0.3, -0.25) is 4.57 Å². The zero-order valence-electron chi connectivity index (χ0n) is 15.3. The number of hydrogen-bond donors (Lipinski definition) is 2. The molecule has 0 radical (unpaired) electrons. The Bertz CT molecular complexity index is 1170. The third kappa shape index (κ3) is 4.55. The van der Waals surface area contributed by atoms with Gasteiger partial charge in [-0.2, -0.15) is 0 Å². The molecular formula is C20H14F2N6O2. The summed E-state index contributed by atoms with van der Waals surface area (Å²) >= 11 is 0. The Labute approximate surface area is 169 Å². The van der Waals surface area contributed by atoms with Crippen molar-refractivity contribution < 1.29 is 18.3 Å². The average Bonchev–Trinajstić information content (AvgIpc) is 3.27. The van der Waals surface area contributed by atoms with Crippen molar-refractivity contribution in [2.75, 3.05) is 10.6 Å². The lowest BCUT2D eigenvalue weighted by molar-refractivity contribution is 0.262. The minimum atomic E-state index is -1.05. The molecule has 0 aliphatic carbocycles. The SMILES string of the molecule is O=C(Nc1ccc(Oc2cc(-n3ccnc3)ncn2)cc1)Nc1ccc(F)c(F)c1. The largest absolute Gasteiger partial charge is 0.439 e. The zero-order valence-corrected chi connectivity index (χ0v) is 15.3. The van der Waals surface area contributed by atoms with Gasteiger partial charge in [-0.15, -0.1) is 0 Å². The number of rotatable bonds is 5. The van der Waals surface area contributed by atoms with Crippen LogP contribution in [0.2, 0.25) is 0 Å². The fraction of sp³-hybridized carbons (Fsp3) is 0. The summed E-state index contributed by atoms with van der Waals surface area (Å²) in [6, 6.07) is 10.7. The van der Waals surface area contributed by atoms with Gasteiger partial charge in [0.25, 0.3) is 0 Å². The number of amides is 2. The molecule has 0 unspecified atom stereocenters. The van der Waals surface area contributed by atoms with Crippen LogP contribution in [-0.4, -0.2) is 25.6 Å². The molecule has 0 saturated carbocycles. The van der Waals surface area contributed by atoms with Gasteiger partial charge < -0.3 is 15.4 Å². The van der Waals surface area contributed by atoms with Gasteiger partial charge in [0, 0.05) is 35.9 Å². The van der Waals surface area contributed by atoms with Crippen molar-refractivity contribution in [3.8, 4) is 17.4 Å². The molecule has 2 amide bonds. The highest BCUT2D eigenvalue weighted by Gasteiger charge is 2.07. The third-order valence-electron chi connectivity index (χ3n) is 3.91. The smallest absolute Gasteiger partial charge is 0.323 e. The Morgan fingerprint density at radius 1 is 0.933 bits per heavy atom. The molecular weight excluding hydrogens is 394 g/mol. The lowest BCUT2D eigenvalue weighted by atomic mass is 10.3. The number of carbonyl (C=O) groups is 1. The maximum absolute atomic E-state index is 13.2. The summed E-state index contributed by atoms with van der Waals surface area (Å²) < 4.78 is 33.6. The van der Waals surface area contributed by atoms with Crippen molar-refractivity contribution in [3.05, 3.63) is 85.2 Å². The molecule has 0 bridgehead atoms. The van der Waals surface area contributed by atoms with Gasteiger partial charge in [-0.25, -0.2) is 28.5 Å². The molecule has 150 valence electrons. The van der Waals surface area contributed by atoms with Gasteiger partial charge in [0.2, 0.25) is 5.88 Å². The predicted octanol–water partition coefficient (Wildman–Crippen LogP) is 4.38. The molecule has 0 saturated heterocycles. The van der Waals surface area contributed by atoms with E-state index in [1.165, 1.54) is 12.4 Å². The standard InChI is InChI=1S/C20H14F2N6O2/c21-16-6-3-14(9-17(16)22)27-20(29)26-13-1-4-15(5-2-13)30-19-10-18(24-11-25-19)28-8-7-23-12-28/h1-12H,(H2,26,27,29). The molecule has 2 heterocycles. The lowest BCUT2D eigenvalue weighted by Crippen LogP contribution is -2.19. The molecule has 4 rings (SSSR count). The van der Waals surface area contributed by atoms with E-state index in [-0.39, 0.29) is 5.69 Å². The summed E-state index contributed by atoms with van der Waals surface area (Å²) in [5.74, 6) is -0.598. The van der Waals surface area contributed by atoms with Crippen LogP contribution in [0.25, 0.3) is 5.82 Å². The quantitative estimate of drug-likeness (QED) is 0.511. The Morgan fingerprint density at radius 2 is 1.70 bits per heavy atom. The van der Waals surface area contributed by atoms with Gasteiger partial charge >= 0.3 is 6.03 Å². The first kappa shape index (κ1) is 19.0. The Hall–Kier alpha value is -4.34. The number of imidazole rings is 1. The van der Waals surface area contributed by atoms with Crippen molar-refractivity contribution in [2.45, 2.75) is 0 Å². The maximum Gasteiger partial charge on any atom is 0.323 e. The molecule has 8 nitrogen and oxygen atoms in total. The number of carbonyl (C=O) groups excluding carboxylic acids is 1. The van der Waals surface area contributed by atoms with E-state index in [9.17, 15) is 13.6 Å². The van der Waals surface area contributed by atoms with Crippen LogP contribution < -0.4 is 15.4 Å². The van der Waals surface area contributed by atoms with Gasteiger partial charge in [0.05, 0.1) is 0 Å². The highest BCUT2D eigenvalue weighted by Crippen LogP contribution is 2.22. The van der Waals surface area contributed by atoms with Crippen molar-refractivity contribution in [3.63, 3.8) is 0 Å². The van der Waals surface area contributed by atoms with E-state index in [0.717, 1.165) is 12.1 Å². The fourth-order valence-corrected chi connectivity index (χ4v) is 2.52. The molecule has 2 aromatic carbocycles.